The maximum absolute atomic E-state index is 5.16. The quantitative estimate of drug-likeness (QED) is 0.903. The van der Waals surface area contributed by atoms with Gasteiger partial charge in [0.15, 0.2) is 0 Å². The van der Waals surface area contributed by atoms with Crippen LogP contribution in [-0.4, -0.2) is 19.1 Å². The maximum atomic E-state index is 5.16. The predicted molar refractivity (Wildman–Crippen MR) is 71.6 cm³/mol. The van der Waals surface area contributed by atoms with Crippen LogP contribution in [0, 0.1) is 6.92 Å². The van der Waals surface area contributed by atoms with Crippen molar-refractivity contribution >= 4 is 11.3 Å². The molecule has 1 heterocycles. The molecule has 0 aliphatic heterocycles. The Hall–Kier alpha value is -1.39. The SMILES string of the molecule is CNCc1nc(C)sc1-c1ccc(OC)cc1. The lowest BCUT2D eigenvalue weighted by atomic mass is 10.1. The van der Waals surface area contributed by atoms with Crippen molar-refractivity contribution in [3.8, 4) is 16.2 Å². The van der Waals surface area contributed by atoms with Crippen LogP contribution in [-0.2, 0) is 6.54 Å². The Balaban J connectivity index is 2.37. The van der Waals surface area contributed by atoms with Crippen molar-refractivity contribution in [2.75, 3.05) is 14.2 Å². The van der Waals surface area contributed by atoms with Crippen LogP contribution < -0.4 is 10.1 Å². The van der Waals surface area contributed by atoms with Gasteiger partial charge in [0, 0.05) is 6.54 Å². The van der Waals surface area contributed by atoms with Crippen molar-refractivity contribution in [3.63, 3.8) is 0 Å². The van der Waals surface area contributed by atoms with Crippen LogP contribution in [0.2, 0.25) is 0 Å². The highest BCUT2D eigenvalue weighted by Gasteiger charge is 2.10. The topological polar surface area (TPSA) is 34.2 Å². The number of aromatic nitrogens is 1. The minimum atomic E-state index is 0.797. The van der Waals surface area contributed by atoms with Gasteiger partial charge in [-0.25, -0.2) is 4.98 Å². The van der Waals surface area contributed by atoms with Crippen molar-refractivity contribution in [1.82, 2.24) is 10.3 Å². The van der Waals surface area contributed by atoms with Gasteiger partial charge in [-0.2, -0.15) is 0 Å². The standard InChI is InChI=1S/C13H16N2OS/c1-9-15-12(8-14-2)13(17-9)10-4-6-11(16-3)7-5-10/h4-7,14H,8H2,1-3H3. The summed E-state index contributed by atoms with van der Waals surface area (Å²) in [5.74, 6) is 0.880. The Morgan fingerprint density at radius 3 is 2.59 bits per heavy atom. The molecule has 90 valence electrons. The van der Waals surface area contributed by atoms with Crippen LogP contribution in [0.5, 0.6) is 5.75 Å². The molecule has 0 saturated carbocycles. The number of hydrogen-bond acceptors (Lipinski definition) is 4. The van der Waals surface area contributed by atoms with E-state index >= 15 is 0 Å². The van der Waals surface area contributed by atoms with Gasteiger partial charge in [-0.15, -0.1) is 11.3 Å². The summed E-state index contributed by atoms with van der Waals surface area (Å²) in [7, 11) is 3.62. The van der Waals surface area contributed by atoms with Crippen molar-refractivity contribution in [3.05, 3.63) is 35.0 Å². The number of rotatable bonds is 4. The van der Waals surface area contributed by atoms with Gasteiger partial charge < -0.3 is 10.1 Å². The largest absolute Gasteiger partial charge is 0.497 e. The van der Waals surface area contributed by atoms with E-state index < -0.39 is 0 Å². The zero-order valence-corrected chi connectivity index (χ0v) is 11.1. The summed E-state index contributed by atoms with van der Waals surface area (Å²) >= 11 is 1.73. The second-order valence-corrected chi connectivity index (χ2v) is 4.97. The first-order chi connectivity index (χ1) is 8.24. The first kappa shape index (κ1) is 12.1. The molecule has 2 aromatic rings. The molecule has 2 rings (SSSR count). The normalized spacial score (nSPS) is 10.5. The Labute approximate surface area is 105 Å². The predicted octanol–water partition coefficient (Wildman–Crippen LogP) is 2.85. The number of hydrogen-bond donors (Lipinski definition) is 1. The molecule has 0 atom stereocenters. The molecular weight excluding hydrogens is 232 g/mol. The summed E-state index contributed by atoms with van der Waals surface area (Å²) < 4.78 is 5.16. The first-order valence-electron chi connectivity index (χ1n) is 5.50. The summed E-state index contributed by atoms with van der Waals surface area (Å²) in [5.41, 5.74) is 2.31. The van der Waals surface area contributed by atoms with E-state index in [9.17, 15) is 0 Å². The van der Waals surface area contributed by atoms with Gasteiger partial charge in [-0.05, 0) is 43.8 Å². The third kappa shape index (κ3) is 2.65. The molecule has 1 N–H and O–H groups in total. The lowest BCUT2D eigenvalue weighted by Crippen LogP contribution is -2.06. The highest BCUT2D eigenvalue weighted by Crippen LogP contribution is 2.31. The fourth-order valence-corrected chi connectivity index (χ4v) is 2.67. The van der Waals surface area contributed by atoms with E-state index in [0.29, 0.717) is 0 Å². The van der Waals surface area contributed by atoms with Gasteiger partial charge in [0.1, 0.15) is 5.75 Å². The Kier molecular flexibility index (Phi) is 3.76. The molecule has 4 heteroatoms. The van der Waals surface area contributed by atoms with Gasteiger partial charge in [0.2, 0.25) is 0 Å². The maximum Gasteiger partial charge on any atom is 0.118 e. The molecular formula is C13H16N2OS. The highest BCUT2D eigenvalue weighted by atomic mass is 32.1. The van der Waals surface area contributed by atoms with E-state index in [2.05, 4.69) is 22.4 Å². The minimum Gasteiger partial charge on any atom is -0.497 e. The molecule has 0 spiro atoms. The van der Waals surface area contributed by atoms with E-state index in [1.54, 1.807) is 18.4 Å². The zero-order chi connectivity index (χ0) is 12.3. The number of nitrogens with zero attached hydrogens (tertiary/aromatic N) is 1. The van der Waals surface area contributed by atoms with Crippen LogP contribution in [0.1, 0.15) is 10.7 Å². The summed E-state index contributed by atoms with van der Waals surface area (Å²) in [4.78, 5) is 5.78. The molecule has 3 nitrogen and oxygen atoms in total. The van der Waals surface area contributed by atoms with Crippen molar-refractivity contribution in [2.45, 2.75) is 13.5 Å². The van der Waals surface area contributed by atoms with Gasteiger partial charge >= 0.3 is 0 Å². The average molecular weight is 248 g/mol. The molecule has 0 aliphatic carbocycles. The van der Waals surface area contributed by atoms with Crippen LogP contribution >= 0.6 is 11.3 Å². The van der Waals surface area contributed by atoms with E-state index in [4.69, 9.17) is 4.74 Å². The van der Waals surface area contributed by atoms with Crippen molar-refractivity contribution < 1.29 is 4.74 Å². The number of benzene rings is 1. The lowest BCUT2D eigenvalue weighted by Gasteiger charge is -2.03. The van der Waals surface area contributed by atoms with Crippen molar-refractivity contribution in [2.24, 2.45) is 0 Å². The molecule has 0 aliphatic rings. The number of nitrogens with one attached hydrogen (secondary N) is 1. The fraction of sp³-hybridized carbons (Fsp3) is 0.308. The third-order valence-electron chi connectivity index (χ3n) is 2.50. The molecule has 1 aromatic heterocycles. The number of aryl methyl sites for hydroxylation is 1. The average Bonchev–Trinajstić information content (AvgIpc) is 2.71. The first-order valence-corrected chi connectivity index (χ1v) is 6.31. The molecule has 0 saturated heterocycles. The monoisotopic (exact) mass is 248 g/mol. The van der Waals surface area contributed by atoms with Gasteiger partial charge in [-0.3, -0.25) is 0 Å². The zero-order valence-electron chi connectivity index (χ0n) is 10.3. The molecule has 0 fully saturated rings. The van der Waals surface area contributed by atoms with Crippen LogP contribution in [0.15, 0.2) is 24.3 Å². The Morgan fingerprint density at radius 1 is 1.29 bits per heavy atom. The van der Waals surface area contributed by atoms with Gasteiger partial charge in [0.25, 0.3) is 0 Å². The molecule has 0 radical (unpaired) electrons. The molecule has 0 amide bonds. The molecule has 17 heavy (non-hydrogen) atoms. The summed E-state index contributed by atoms with van der Waals surface area (Å²) in [6.45, 7) is 2.84. The Morgan fingerprint density at radius 2 is 2.00 bits per heavy atom. The van der Waals surface area contributed by atoms with E-state index in [1.807, 2.05) is 26.1 Å². The van der Waals surface area contributed by atoms with E-state index in [1.165, 1.54) is 10.4 Å². The Bertz CT molecular complexity index is 491. The minimum absolute atomic E-state index is 0.797. The van der Waals surface area contributed by atoms with Gasteiger partial charge in [-0.1, -0.05) is 0 Å². The third-order valence-corrected chi connectivity index (χ3v) is 3.56. The second kappa shape index (κ2) is 5.29. The van der Waals surface area contributed by atoms with Crippen LogP contribution in [0.4, 0.5) is 0 Å². The number of thiazole rings is 1. The highest BCUT2D eigenvalue weighted by molar-refractivity contribution is 7.15. The van der Waals surface area contributed by atoms with Crippen molar-refractivity contribution in [1.29, 1.82) is 0 Å². The fourth-order valence-electron chi connectivity index (χ4n) is 1.73. The smallest absolute Gasteiger partial charge is 0.118 e. The summed E-state index contributed by atoms with van der Waals surface area (Å²) in [6.07, 6.45) is 0. The van der Waals surface area contributed by atoms with E-state index in [0.717, 1.165) is 23.0 Å². The van der Waals surface area contributed by atoms with E-state index in [-0.39, 0.29) is 0 Å². The lowest BCUT2D eigenvalue weighted by molar-refractivity contribution is 0.415. The molecule has 1 aromatic carbocycles. The summed E-state index contributed by atoms with van der Waals surface area (Å²) in [6, 6.07) is 8.11. The molecule has 0 unspecified atom stereocenters. The molecule has 0 bridgehead atoms. The second-order valence-electron chi connectivity index (χ2n) is 3.77. The number of methoxy groups -OCH3 is 1. The summed E-state index contributed by atoms with van der Waals surface area (Å²) in [5, 5.41) is 4.25. The number of ether oxygens (including phenoxy) is 1. The van der Waals surface area contributed by atoms with Crippen LogP contribution in [0.3, 0.4) is 0 Å². The van der Waals surface area contributed by atoms with Crippen LogP contribution in [0.25, 0.3) is 10.4 Å². The van der Waals surface area contributed by atoms with Gasteiger partial charge in [0.05, 0.1) is 22.7 Å².